The summed E-state index contributed by atoms with van der Waals surface area (Å²) in [6.07, 6.45) is 0.896. The van der Waals surface area contributed by atoms with Gasteiger partial charge >= 0.3 is 0 Å². The van der Waals surface area contributed by atoms with Gasteiger partial charge in [-0.3, -0.25) is 4.79 Å². The lowest BCUT2D eigenvalue weighted by Crippen LogP contribution is -2.40. The number of carbonyl (C=O) groups is 1. The van der Waals surface area contributed by atoms with Crippen molar-refractivity contribution in [2.45, 2.75) is 18.9 Å². The molecule has 0 atom stereocenters. The molecule has 1 N–H and O–H groups in total. The zero-order valence-electron chi connectivity index (χ0n) is 9.07. The van der Waals surface area contributed by atoms with E-state index in [1.165, 1.54) is 0 Å². The number of rotatable bonds is 1. The highest BCUT2D eigenvalue weighted by Crippen LogP contribution is 2.20. The van der Waals surface area contributed by atoms with Crippen LogP contribution in [-0.4, -0.2) is 40.1 Å². The molecule has 1 aromatic rings. The average Bonchev–Trinajstić information content (AvgIpc) is 2.29. The van der Waals surface area contributed by atoms with Crippen molar-refractivity contribution in [1.29, 1.82) is 0 Å². The number of carbonyl (C=O) groups excluding carboxylic acids is 1. The third-order valence-electron chi connectivity index (χ3n) is 2.80. The third kappa shape index (κ3) is 2.89. The molecule has 17 heavy (non-hydrogen) atoms. The van der Waals surface area contributed by atoms with Crippen molar-refractivity contribution in [1.82, 2.24) is 9.88 Å². The molecule has 4 nitrogen and oxygen atoms in total. The molecule has 1 amide bonds. The van der Waals surface area contributed by atoms with E-state index in [1.54, 1.807) is 17.0 Å². The molecule has 2 rings (SSSR count). The van der Waals surface area contributed by atoms with Crippen LogP contribution in [0.4, 0.5) is 0 Å². The van der Waals surface area contributed by atoms with Gasteiger partial charge in [0.2, 0.25) is 0 Å². The van der Waals surface area contributed by atoms with E-state index >= 15 is 0 Å². The molecule has 1 saturated heterocycles. The molecule has 1 aliphatic heterocycles. The Balaban J connectivity index is 2.14. The van der Waals surface area contributed by atoms with Crippen LogP contribution in [-0.2, 0) is 0 Å². The molecule has 0 unspecified atom stereocenters. The van der Waals surface area contributed by atoms with Crippen LogP contribution in [0.3, 0.4) is 0 Å². The number of hydrogen-bond acceptors (Lipinski definition) is 3. The summed E-state index contributed by atoms with van der Waals surface area (Å²) >= 11 is 11.6. The van der Waals surface area contributed by atoms with E-state index in [2.05, 4.69) is 4.98 Å². The Morgan fingerprint density at radius 3 is 2.59 bits per heavy atom. The van der Waals surface area contributed by atoms with E-state index in [-0.39, 0.29) is 22.3 Å². The van der Waals surface area contributed by atoms with E-state index in [0.29, 0.717) is 31.5 Å². The van der Waals surface area contributed by atoms with Crippen molar-refractivity contribution >= 4 is 29.1 Å². The van der Waals surface area contributed by atoms with E-state index in [9.17, 15) is 9.90 Å². The number of piperidine rings is 1. The summed E-state index contributed by atoms with van der Waals surface area (Å²) in [6.45, 7) is 1.08. The largest absolute Gasteiger partial charge is 0.393 e. The molecule has 0 radical (unpaired) electrons. The van der Waals surface area contributed by atoms with Crippen molar-refractivity contribution in [2.75, 3.05) is 13.1 Å². The first-order chi connectivity index (χ1) is 8.08. The van der Waals surface area contributed by atoms with Gasteiger partial charge in [0.25, 0.3) is 5.91 Å². The standard InChI is InChI=1S/C11H12Cl2N2O2/c12-9-2-1-8(10(13)14-9)11(17)15-5-3-7(16)4-6-15/h1-2,7,16H,3-6H2. The lowest BCUT2D eigenvalue weighted by molar-refractivity contribution is 0.0546. The summed E-state index contributed by atoms with van der Waals surface area (Å²) in [5.41, 5.74) is 0.354. The quantitative estimate of drug-likeness (QED) is 0.797. The zero-order chi connectivity index (χ0) is 12.4. The predicted molar refractivity (Wildman–Crippen MR) is 65.4 cm³/mol. The number of aliphatic hydroxyl groups excluding tert-OH is 1. The van der Waals surface area contributed by atoms with E-state index < -0.39 is 0 Å². The first kappa shape index (κ1) is 12.6. The van der Waals surface area contributed by atoms with Gasteiger partial charge < -0.3 is 10.0 Å². The molecule has 2 heterocycles. The Kier molecular flexibility index (Phi) is 3.86. The Hall–Kier alpha value is -0.840. The Bertz CT molecular complexity index is 431. The molecular weight excluding hydrogens is 263 g/mol. The fraction of sp³-hybridized carbons (Fsp3) is 0.455. The summed E-state index contributed by atoms with van der Waals surface area (Å²) in [4.78, 5) is 17.6. The first-order valence-corrected chi connectivity index (χ1v) is 6.13. The van der Waals surface area contributed by atoms with Crippen LogP contribution in [0.25, 0.3) is 0 Å². The van der Waals surface area contributed by atoms with Crippen LogP contribution in [0.1, 0.15) is 23.2 Å². The highest BCUT2D eigenvalue weighted by molar-refractivity contribution is 6.34. The van der Waals surface area contributed by atoms with Gasteiger partial charge in [0.15, 0.2) is 0 Å². The highest BCUT2D eigenvalue weighted by Gasteiger charge is 2.24. The summed E-state index contributed by atoms with van der Waals surface area (Å²) in [7, 11) is 0. The summed E-state index contributed by atoms with van der Waals surface area (Å²) < 4.78 is 0. The number of halogens is 2. The van der Waals surface area contributed by atoms with Crippen LogP contribution < -0.4 is 0 Å². The smallest absolute Gasteiger partial charge is 0.256 e. The van der Waals surface area contributed by atoms with Crippen LogP contribution in [0.15, 0.2) is 12.1 Å². The summed E-state index contributed by atoms with van der Waals surface area (Å²) in [6, 6.07) is 3.12. The number of aromatic nitrogens is 1. The minimum atomic E-state index is -0.308. The van der Waals surface area contributed by atoms with Gasteiger partial charge in [-0.25, -0.2) is 4.98 Å². The number of nitrogens with zero attached hydrogens (tertiary/aromatic N) is 2. The van der Waals surface area contributed by atoms with Crippen molar-refractivity contribution < 1.29 is 9.90 Å². The number of likely N-dealkylation sites (tertiary alicyclic amines) is 1. The lowest BCUT2D eigenvalue weighted by Gasteiger charge is -2.29. The molecule has 92 valence electrons. The van der Waals surface area contributed by atoms with Gasteiger partial charge in [0.05, 0.1) is 11.7 Å². The third-order valence-corrected chi connectivity index (χ3v) is 3.30. The second-order valence-corrected chi connectivity index (χ2v) is 4.74. The second kappa shape index (κ2) is 5.21. The minimum absolute atomic E-state index is 0.119. The first-order valence-electron chi connectivity index (χ1n) is 5.37. The van der Waals surface area contributed by atoms with E-state index in [1.807, 2.05) is 0 Å². The molecule has 6 heteroatoms. The topological polar surface area (TPSA) is 53.4 Å². The predicted octanol–water partition coefficient (Wildman–Crippen LogP) is 1.99. The van der Waals surface area contributed by atoms with Gasteiger partial charge in [0, 0.05) is 13.1 Å². The Morgan fingerprint density at radius 2 is 2.00 bits per heavy atom. The maximum Gasteiger partial charge on any atom is 0.256 e. The molecule has 0 aromatic carbocycles. The molecule has 0 spiro atoms. The van der Waals surface area contributed by atoms with Crippen molar-refractivity contribution in [2.24, 2.45) is 0 Å². The summed E-state index contributed by atoms with van der Waals surface area (Å²) in [5, 5.41) is 9.76. The summed E-state index contributed by atoms with van der Waals surface area (Å²) in [5.74, 6) is -0.161. The van der Waals surface area contributed by atoms with Crippen LogP contribution >= 0.6 is 23.2 Å². The van der Waals surface area contributed by atoms with Gasteiger partial charge in [0.1, 0.15) is 10.3 Å². The normalized spacial score (nSPS) is 17.2. The maximum absolute atomic E-state index is 12.1. The Labute approximate surface area is 109 Å². The SMILES string of the molecule is O=C(c1ccc(Cl)nc1Cl)N1CCC(O)CC1. The molecule has 1 aromatic heterocycles. The molecule has 1 aliphatic rings. The van der Waals surface area contributed by atoms with Crippen LogP contribution in [0.5, 0.6) is 0 Å². The van der Waals surface area contributed by atoms with Crippen molar-refractivity contribution in [3.63, 3.8) is 0 Å². The second-order valence-electron chi connectivity index (χ2n) is 4.00. The van der Waals surface area contributed by atoms with Crippen molar-refractivity contribution in [3.8, 4) is 0 Å². The molecule has 0 aliphatic carbocycles. The van der Waals surface area contributed by atoms with Gasteiger partial charge in [-0.1, -0.05) is 23.2 Å². The fourth-order valence-corrected chi connectivity index (χ4v) is 2.24. The van der Waals surface area contributed by atoms with Gasteiger partial charge in [-0.2, -0.15) is 0 Å². The van der Waals surface area contributed by atoms with Crippen LogP contribution in [0.2, 0.25) is 10.3 Å². The van der Waals surface area contributed by atoms with Gasteiger partial charge in [-0.05, 0) is 25.0 Å². The van der Waals surface area contributed by atoms with E-state index in [4.69, 9.17) is 23.2 Å². The minimum Gasteiger partial charge on any atom is -0.393 e. The maximum atomic E-state index is 12.1. The fourth-order valence-electron chi connectivity index (χ4n) is 1.81. The van der Waals surface area contributed by atoms with Crippen LogP contribution in [0, 0.1) is 0 Å². The average molecular weight is 275 g/mol. The van der Waals surface area contributed by atoms with Crippen molar-refractivity contribution in [3.05, 3.63) is 28.0 Å². The monoisotopic (exact) mass is 274 g/mol. The number of aliphatic hydroxyl groups is 1. The molecular formula is C11H12Cl2N2O2. The zero-order valence-corrected chi connectivity index (χ0v) is 10.6. The highest BCUT2D eigenvalue weighted by atomic mass is 35.5. The molecule has 0 saturated carbocycles. The van der Waals surface area contributed by atoms with E-state index in [0.717, 1.165) is 0 Å². The lowest BCUT2D eigenvalue weighted by atomic mass is 10.1. The number of amides is 1. The number of pyridine rings is 1. The Morgan fingerprint density at radius 1 is 1.35 bits per heavy atom. The molecule has 1 fully saturated rings. The number of hydrogen-bond donors (Lipinski definition) is 1. The molecule has 0 bridgehead atoms. The van der Waals surface area contributed by atoms with Gasteiger partial charge in [-0.15, -0.1) is 0 Å².